The maximum absolute atomic E-state index is 13.6. The summed E-state index contributed by atoms with van der Waals surface area (Å²) in [6.07, 6.45) is 4.29. The molecule has 0 aliphatic carbocycles. The van der Waals surface area contributed by atoms with Crippen molar-refractivity contribution in [2.75, 3.05) is 18.0 Å². The van der Waals surface area contributed by atoms with Gasteiger partial charge in [-0.2, -0.15) is 8.78 Å². The average molecular weight is 256 g/mol. The summed E-state index contributed by atoms with van der Waals surface area (Å²) in [5.74, 6) is -5.96. The zero-order valence-corrected chi connectivity index (χ0v) is 9.77. The second-order valence-electron chi connectivity index (χ2n) is 4.30. The fraction of sp³-hybridized carbons (Fsp3) is 0.500. The number of nitrogens with zero attached hydrogens (tertiary/aromatic N) is 2. The van der Waals surface area contributed by atoms with E-state index in [2.05, 4.69) is 4.98 Å². The minimum atomic E-state index is -3.90. The Kier molecular flexibility index (Phi) is 3.45. The van der Waals surface area contributed by atoms with Gasteiger partial charge in [0.1, 0.15) is 5.82 Å². The van der Waals surface area contributed by atoms with Crippen LogP contribution in [0.4, 0.5) is 14.6 Å². The number of carboxylic acid groups (broad SMARTS) is 1. The van der Waals surface area contributed by atoms with Crippen LogP contribution in [0.2, 0.25) is 0 Å². The first-order chi connectivity index (χ1) is 8.53. The molecule has 1 N–H and O–H groups in total. The van der Waals surface area contributed by atoms with E-state index in [4.69, 9.17) is 5.11 Å². The van der Waals surface area contributed by atoms with Crippen LogP contribution in [0.5, 0.6) is 0 Å². The summed E-state index contributed by atoms with van der Waals surface area (Å²) in [6.45, 7) is 1.28. The Hall–Kier alpha value is -1.72. The van der Waals surface area contributed by atoms with Gasteiger partial charge < -0.3 is 10.0 Å². The molecule has 1 aromatic heterocycles. The number of rotatable bonds is 3. The number of hydrogen-bond donors (Lipinski definition) is 1. The fourth-order valence-electron chi connectivity index (χ4n) is 2.11. The molecule has 0 atom stereocenters. The largest absolute Gasteiger partial charge is 0.477 e. The van der Waals surface area contributed by atoms with E-state index in [-0.39, 0.29) is 5.82 Å². The molecule has 6 heteroatoms. The molecule has 1 saturated heterocycles. The van der Waals surface area contributed by atoms with Crippen molar-refractivity contribution in [3.63, 3.8) is 0 Å². The van der Waals surface area contributed by atoms with Crippen molar-refractivity contribution in [2.24, 2.45) is 0 Å². The number of piperidine rings is 1. The van der Waals surface area contributed by atoms with Gasteiger partial charge in [0.15, 0.2) is 0 Å². The van der Waals surface area contributed by atoms with Crippen LogP contribution in [-0.2, 0) is 10.7 Å². The minimum absolute atomic E-state index is 0.0876. The van der Waals surface area contributed by atoms with Gasteiger partial charge in [0, 0.05) is 19.3 Å². The minimum Gasteiger partial charge on any atom is -0.477 e. The third-order valence-corrected chi connectivity index (χ3v) is 3.05. The smallest absolute Gasteiger partial charge is 0.379 e. The third kappa shape index (κ3) is 2.27. The van der Waals surface area contributed by atoms with Gasteiger partial charge in [0.2, 0.25) is 0 Å². The molecule has 2 heterocycles. The maximum atomic E-state index is 13.6. The van der Waals surface area contributed by atoms with E-state index in [0.717, 1.165) is 25.3 Å². The van der Waals surface area contributed by atoms with Gasteiger partial charge in [0.25, 0.3) is 0 Å². The predicted molar refractivity (Wildman–Crippen MR) is 61.8 cm³/mol. The first kappa shape index (κ1) is 12.7. The van der Waals surface area contributed by atoms with E-state index < -0.39 is 17.5 Å². The first-order valence-corrected chi connectivity index (χ1v) is 5.85. The molecule has 2 rings (SSSR count). The van der Waals surface area contributed by atoms with Crippen LogP contribution < -0.4 is 4.90 Å². The summed E-state index contributed by atoms with van der Waals surface area (Å²) in [7, 11) is 0. The third-order valence-electron chi connectivity index (χ3n) is 3.05. The summed E-state index contributed by atoms with van der Waals surface area (Å²) >= 11 is 0. The Morgan fingerprint density at radius 1 is 1.33 bits per heavy atom. The summed E-state index contributed by atoms with van der Waals surface area (Å²) in [4.78, 5) is 16.3. The zero-order valence-electron chi connectivity index (χ0n) is 9.77. The highest BCUT2D eigenvalue weighted by Gasteiger charge is 2.44. The standard InChI is InChI=1S/C12H14F2N2O2/c13-12(14,11(17)18)9-5-4-6-15-10(9)16-7-2-1-3-8-16/h4-6H,1-3,7-8H2,(H,17,18). The number of halogens is 2. The van der Waals surface area contributed by atoms with Crippen molar-refractivity contribution in [2.45, 2.75) is 25.2 Å². The van der Waals surface area contributed by atoms with Crippen LogP contribution in [0.3, 0.4) is 0 Å². The van der Waals surface area contributed by atoms with E-state index in [0.29, 0.717) is 13.1 Å². The number of hydrogen-bond acceptors (Lipinski definition) is 3. The van der Waals surface area contributed by atoms with Crippen molar-refractivity contribution >= 4 is 11.8 Å². The summed E-state index contributed by atoms with van der Waals surface area (Å²) < 4.78 is 27.3. The molecule has 1 aromatic rings. The Bertz CT molecular complexity index is 445. The second-order valence-corrected chi connectivity index (χ2v) is 4.30. The van der Waals surface area contributed by atoms with Crippen LogP contribution in [0.1, 0.15) is 24.8 Å². The van der Waals surface area contributed by atoms with Crippen LogP contribution in [0.25, 0.3) is 0 Å². The highest BCUT2D eigenvalue weighted by atomic mass is 19.3. The lowest BCUT2D eigenvalue weighted by Gasteiger charge is -2.30. The van der Waals surface area contributed by atoms with Gasteiger partial charge in [-0.25, -0.2) is 9.78 Å². The molecule has 0 aromatic carbocycles. The zero-order chi connectivity index (χ0) is 13.2. The van der Waals surface area contributed by atoms with Gasteiger partial charge in [-0.15, -0.1) is 0 Å². The lowest BCUT2D eigenvalue weighted by molar-refractivity contribution is -0.166. The normalized spacial score (nSPS) is 16.7. The van der Waals surface area contributed by atoms with E-state index >= 15 is 0 Å². The van der Waals surface area contributed by atoms with Crippen molar-refractivity contribution in [3.8, 4) is 0 Å². The van der Waals surface area contributed by atoms with Crippen LogP contribution in [-0.4, -0.2) is 29.1 Å². The van der Waals surface area contributed by atoms with Crippen LogP contribution in [0.15, 0.2) is 18.3 Å². The van der Waals surface area contributed by atoms with Crippen LogP contribution in [0, 0.1) is 0 Å². The number of pyridine rings is 1. The van der Waals surface area contributed by atoms with Gasteiger partial charge in [-0.05, 0) is 31.4 Å². The molecule has 4 nitrogen and oxygen atoms in total. The summed E-state index contributed by atoms with van der Waals surface area (Å²) in [5, 5.41) is 8.62. The molecule has 0 bridgehead atoms. The number of aromatic nitrogens is 1. The molecule has 0 amide bonds. The van der Waals surface area contributed by atoms with Crippen molar-refractivity contribution in [1.82, 2.24) is 4.98 Å². The average Bonchev–Trinajstić information content (AvgIpc) is 2.39. The van der Waals surface area contributed by atoms with E-state index in [1.54, 1.807) is 4.90 Å². The quantitative estimate of drug-likeness (QED) is 0.901. The van der Waals surface area contributed by atoms with Crippen molar-refractivity contribution < 1.29 is 18.7 Å². The van der Waals surface area contributed by atoms with Crippen molar-refractivity contribution in [1.29, 1.82) is 0 Å². The molecule has 0 saturated carbocycles. The van der Waals surface area contributed by atoms with Crippen LogP contribution >= 0.6 is 0 Å². The predicted octanol–water partition coefficient (Wildman–Crippen LogP) is 2.25. The topological polar surface area (TPSA) is 53.4 Å². The second kappa shape index (κ2) is 4.88. The number of carbonyl (C=O) groups is 1. The van der Waals surface area contributed by atoms with Crippen molar-refractivity contribution in [3.05, 3.63) is 23.9 Å². The number of carboxylic acids is 1. The molecule has 0 unspecified atom stereocenters. The SMILES string of the molecule is O=C(O)C(F)(F)c1cccnc1N1CCCCC1. The lowest BCUT2D eigenvalue weighted by Crippen LogP contribution is -2.34. The lowest BCUT2D eigenvalue weighted by atomic mass is 10.1. The molecule has 1 aliphatic heterocycles. The molecule has 18 heavy (non-hydrogen) atoms. The maximum Gasteiger partial charge on any atom is 0.379 e. The molecule has 0 spiro atoms. The molecular formula is C12H14F2N2O2. The van der Waals surface area contributed by atoms with Gasteiger partial charge in [0.05, 0.1) is 5.56 Å². The number of alkyl halides is 2. The fourth-order valence-corrected chi connectivity index (χ4v) is 2.11. The van der Waals surface area contributed by atoms with E-state index in [1.165, 1.54) is 12.3 Å². The highest BCUT2D eigenvalue weighted by Crippen LogP contribution is 2.35. The Morgan fingerprint density at radius 3 is 2.61 bits per heavy atom. The first-order valence-electron chi connectivity index (χ1n) is 5.85. The van der Waals surface area contributed by atoms with Gasteiger partial charge in [-0.3, -0.25) is 0 Å². The van der Waals surface area contributed by atoms with Gasteiger partial charge >= 0.3 is 11.9 Å². The van der Waals surface area contributed by atoms with E-state index in [1.807, 2.05) is 0 Å². The van der Waals surface area contributed by atoms with Gasteiger partial charge in [-0.1, -0.05) is 0 Å². The molecular weight excluding hydrogens is 242 g/mol. The Labute approximate surface area is 103 Å². The monoisotopic (exact) mass is 256 g/mol. The Balaban J connectivity index is 2.39. The highest BCUT2D eigenvalue weighted by molar-refractivity contribution is 5.79. The summed E-state index contributed by atoms with van der Waals surface area (Å²) in [6, 6.07) is 2.46. The summed E-state index contributed by atoms with van der Waals surface area (Å²) in [5.41, 5.74) is -0.528. The molecule has 98 valence electrons. The molecule has 1 aliphatic rings. The number of anilines is 1. The number of aliphatic carboxylic acids is 1. The van der Waals surface area contributed by atoms with E-state index in [9.17, 15) is 13.6 Å². The molecule has 1 fully saturated rings. The Morgan fingerprint density at radius 2 is 2.00 bits per heavy atom. The molecule has 0 radical (unpaired) electrons.